The van der Waals surface area contributed by atoms with Crippen molar-refractivity contribution < 1.29 is 29.0 Å². The van der Waals surface area contributed by atoms with Crippen molar-refractivity contribution in [3.8, 4) is 0 Å². The number of rotatable bonds is 6. The van der Waals surface area contributed by atoms with Crippen LogP contribution in [0.2, 0.25) is 0 Å². The Bertz CT molecular complexity index is 377. The zero-order chi connectivity index (χ0) is 15.1. The molecule has 0 aromatic rings. The zero-order valence-corrected chi connectivity index (χ0v) is 11.1. The molecule has 8 heteroatoms. The number of carbonyl (C=O) groups is 4. The van der Waals surface area contributed by atoms with Gasteiger partial charge in [-0.05, 0) is 20.8 Å². The Labute approximate surface area is 110 Å². The Hall–Kier alpha value is -2.12. The zero-order valence-electron chi connectivity index (χ0n) is 11.1. The molecule has 0 fully saturated rings. The first kappa shape index (κ1) is 16.9. The number of aliphatic carboxylic acids is 1. The SMILES string of the molecule is CCOC(=O)CNC(=O)NC(=O)CC(C)(C)C(=O)O. The van der Waals surface area contributed by atoms with Gasteiger partial charge in [0.25, 0.3) is 0 Å². The number of imide groups is 1. The number of carbonyl (C=O) groups excluding carboxylic acids is 3. The van der Waals surface area contributed by atoms with Gasteiger partial charge < -0.3 is 15.2 Å². The van der Waals surface area contributed by atoms with E-state index >= 15 is 0 Å². The first-order valence-corrected chi connectivity index (χ1v) is 5.65. The van der Waals surface area contributed by atoms with E-state index in [4.69, 9.17) is 5.11 Å². The molecule has 0 unspecified atom stereocenters. The lowest BCUT2D eigenvalue weighted by atomic mass is 9.89. The topological polar surface area (TPSA) is 122 Å². The molecule has 0 rings (SSSR count). The number of hydrogen-bond donors (Lipinski definition) is 3. The van der Waals surface area contributed by atoms with Crippen LogP contribution in [0.1, 0.15) is 27.2 Å². The standard InChI is InChI=1S/C11H18N2O6/c1-4-19-8(15)6-12-10(18)13-7(14)5-11(2,3)9(16)17/h4-6H2,1-3H3,(H,16,17)(H2,12,13,14,18). The van der Waals surface area contributed by atoms with Crippen LogP contribution >= 0.6 is 0 Å². The molecule has 0 aliphatic rings. The quantitative estimate of drug-likeness (QED) is 0.580. The Morgan fingerprint density at radius 2 is 1.79 bits per heavy atom. The summed E-state index contributed by atoms with van der Waals surface area (Å²) in [6.45, 7) is 4.18. The minimum absolute atomic E-state index is 0.188. The van der Waals surface area contributed by atoms with Crippen LogP contribution in [0, 0.1) is 5.41 Å². The van der Waals surface area contributed by atoms with Crippen molar-refractivity contribution in [1.29, 1.82) is 0 Å². The molecule has 8 nitrogen and oxygen atoms in total. The summed E-state index contributed by atoms with van der Waals surface area (Å²) >= 11 is 0. The van der Waals surface area contributed by atoms with E-state index in [1.165, 1.54) is 13.8 Å². The molecule has 108 valence electrons. The molecule has 0 atom stereocenters. The first-order chi connectivity index (χ1) is 8.69. The lowest BCUT2D eigenvalue weighted by Crippen LogP contribution is -2.43. The van der Waals surface area contributed by atoms with Gasteiger partial charge in [0.1, 0.15) is 6.54 Å². The lowest BCUT2D eigenvalue weighted by molar-refractivity contribution is -0.149. The molecule has 0 aliphatic carbocycles. The molecule has 3 N–H and O–H groups in total. The second kappa shape index (κ2) is 7.34. The van der Waals surface area contributed by atoms with Gasteiger partial charge in [-0.3, -0.25) is 19.7 Å². The number of urea groups is 1. The van der Waals surface area contributed by atoms with Crippen molar-refractivity contribution in [3.05, 3.63) is 0 Å². The lowest BCUT2D eigenvalue weighted by Gasteiger charge is -2.17. The van der Waals surface area contributed by atoms with E-state index < -0.39 is 29.3 Å². The molecule has 0 saturated heterocycles. The third-order valence-corrected chi connectivity index (χ3v) is 2.13. The summed E-state index contributed by atoms with van der Waals surface area (Å²) in [6, 6.07) is -0.876. The number of hydrogen-bond acceptors (Lipinski definition) is 5. The van der Waals surface area contributed by atoms with Crippen molar-refractivity contribution in [2.75, 3.05) is 13.2 Å². The third kappa shape index (κ3) is 7.02. The molecule has 0 bridgehead atoms. The van der Waals surface area contributed by atoms with Crippen LogP contribution in [0.25, 0.3) is 0 Å². The predicted octanol–water partition coefficient (Wildman–Crippen LogP) is -0.124. The minimum atomic E-state index is -1.27. The maximum absolute atomic E-state index is 11.4. The van der Waals surface area contributed by atoms with Crippen LogP contribution in [0.5, 0.6) is 0 Å². The normalized spacial score (nSPS) is 10.5. The molecule has 0 saturated carbocycles. The van der Waals surface area contributed by atoms with Crippen molar-refractivity contribution >= 4 is 23.9 Å². The first-order valence-electron chi connectivity index (χ1n) is 5.65. The average molecular weight is 274 g/mol. The summed E-state index contributed by atoms with van der Waals surface area (Å²) in [5.41, 5.74) is -1.27. The van der Waals surface area contributed by atoms with Crippen LogP contribution in [-0.4, -0.2) is 42.1 Å². The summed E-state index contributed by atoms with van der Waals surface area (Å²) in [7, 11) is 0. The average Bonchev–Trinajstić information content (AvgIpc) is 2.25. The van der Waals surface area contributed by atoms with Gasteiger partial charge in [0, 0.05) is 6.42 Å². The van der Waals surface area contributed by atoms with Crippen molar-refractivity contribution in [2.45, 2.75) is 27.2 Å². The van der Waals surface area contributed by atoms with E-state index in [0.717, 1.165) is 0 Å². The van der Waals surface area contributed by atoms with Gasteiger partial charge in [-0.1, -0.05) is 0 Å². The molecular weight excluding hydrogens is 256 g/mol. The summed E-state index contributed by atoms with van der Waals surface area (Å²) < 4.78 is 4.57. The highest BCUT2D eigenvalue weighted by Crippen LogP contribution is 2.19. The van der Waals surface area contributed by atoms with Crippen LogP contribution in [-0.2, 0) is 19.1 Å². The van der Waals surface area contributed by atoms with Gasteiger partial charge in [-0.15, -0.1) is 0 Å². The second-order valence-corrected chi connectivity index (χ2v) is 4.40. The van der Waals surface area contributed by atoms with Crippen LogP contribution in [0.15, 0.2) is 0 Å². The van der Waals surface area contributed by atoms with E-state index in [1.807, 2.05) is 5.32 Å². The Morgan fingerprint density at radius 1 is 1.21 bits per heavy atom. The Morgan fingerprint density at radius 3 is 2.26 bits per heavy atom. The Kier molecular flexibility index (Phi) is 6.53. The van der Waals surface area contributed by atoms with Crippen LogP contribution in [0.3, 0.4) is 0 Å². The van der Waals surface area contributed by atoms with Crippen molar-refractivity contribution in [2.24, 2.45) is 5.41 Å². The Balaban J connectivity index is 4.10. The molecule has 0 radical (unpaired) electrons. The highest BCUT2D eigenvalue weighted by Gasteiger charge is 2.30. The molecule has 19 heavy (non-hydrogen) atoms. The third-order valence-electron chi connectivity index (χ3n) is 2.13. The van der Waals surface area contributed by atoms with E-state index in [2.05, 4.69) is 10.1 Å². The van der Waals surface area contributed by atoms with E-state index in [-0.39, 0.29) is 19.6 Å². The number of esters is 1. The largest absolute Gasteiger partial charge is 0.481 e. The summed E-state index contributed by atoms with van der Waals surface area (Å²) in [5, 5.41) is 12.9. The number of ether oxygens (including phenoxy) is 1. The fourth-order valence-corrected chi connectivity index (χ4v) is 1.06. The minimum Gasteiger partial charge on any atom is -0.481 e. The molecule has 0 heterocycles. The maximum Gasteiger partial charge on any atom is 0.325 e. The maximum atomic E-state index is 11.4. The van der Waals surface area contributed by atoms with Gasteiger partial charge in [0.05, 0.1) is 12.0 Å². The van der Waals surface area contributed by atoms with Gasteiger partial charge >= 0.3 is 18.0 Å². The summed E-state index contributed by atoms with van der Waals surface area (Å²) in [6.07, 6.45) is -0.352. The van der Waals surface area contributed by atoms with E-state index in [0.29, 0.717) is 0 Å². The summed E-state index contributed by atoms with van der Waals surface area (Å²) in [5.74, 6) is -2.51. The van der Waals surface area contributed by atoms with Gasteiger partial charge in [0.2, 0.25) is 5.91 Å². The van der Waals surface area contributed by atoms with Gasteiger partial charge in [0.15, 0.2) is 0 Å². The molecule has 0 aromatic heterocycles. The number of carboxylic acids is 1. The van der Waals surface area contributed by atoms with Crippen molar-refractivity contribution in [3.63, 3.8) is 0 Å². The number of nitrogens with one attached hydrogen (secondary N) is 2. The van der Waals surface area contributed by atoms with Crippen LogP contribution < -0.4 is 10.6 Å². The smallest absolute Gasteiger partial charge is 0.325 e. The fourth-order valence-electron chi connectivity index (χ4n) is 1.06. The summed E-state index contributed by atoms with van der Waals surface area (Å²) in [4.78, 5) is 44.3. The van der Waals surface area contributed by atoms with Gasteiger partial charge in [-0.2, -0.15) is 0 Å². The molecule has 0 spiro atoms. The molecular formula is C11H18N2O6. The molecule has 0 aliphatic heterocycles. The number of amides is 3. The van der Waals surface area contributed by atoms with E-state index in [1.54, 1.807) is 6.92 Å². The highest BCUT2D eigenvalue weighted by atomic mass is 16.5. The number of carboxylic acid groups (broad SMARTS) is 1. The molecule has 3 amide bonds. The fraction of sp³-hybridized carbons (Fsp3) is 0.636. The van der Waals surface area contributed by atoms with Gasteiger partial charge in [-0.25, -0.2) is 4.79 Å². The van der Waals surface area contributed by atoms with Crippen LogP contribution in [0.4, 0.5) is 4.79 Å². The van der Waals surface area contributed by atoms with Crippen molar-refractivity contribution in [1.82, 2.24) is 10.6 Å². The second-order valence-electron chi connectivity index (χ2n) is 4.40. The predicted molar refractivity (Wildman–Crippen MR) is 64.2 cm³/mol. The molecule has 0 aromatic carbocycles. The monoisotopic (exact) mass is 274 g/mol. The van der Waals surface area contributed by atoms with E-state index in [9.17, 15) is 19.2 Å². The highest BCUT2D eigenvalue weighted by molar-refractivity contribution is 5.97.